The smallest absolute Gasteiger partial charge is 0.291 e. The number of ether oxygens (including phenoxy) is 2. The Kier molecular flexibility index (Phi) is 9.34. The molecule has 12 heteroatoms. The molecule has 2 unspecified atom stereocenters. The molecular formula is C63H44N4O8. The lowest BCUT2D eigenvalue weighted by Gasteiger charge is -2.32. The first-order valence-corrected chi connectivity index (χ1v) is 24.9. The topological polar surface area (TPSA) is 130 Å². The highest BCUT2D eigenvalue weighted by Gasteiger charge is 2.39. The number of anilines is 1. The Labute approximate surface area is 427 Å². The molecule has 0 radical (unpaired) electrons. The summed E-state index contributed by atoms with van der Waals surface area (Å²) in [6, 6.07) is 50.2. The number of allylic oxidation sites excluding steroid dienone is 1. The number of aromatic nitrogens is 2. The van der Waals surface area contributed by atoms with Gasteiger partial charge in [0.2, 0.25) is 0 Å². The summed E-state index contributed by atoms with van der Waals surface area (Å²) in [5.41, 5.74) is 8.90. The number of nitrogens with one attached hydrogen (secondary N) is 1. The number of benzene rings is 6. The Hall–Kier alpha value is -9.81. The first-order valence-electron chi connectivity index (χ1n) is 24.9. The summed E-state index contributed by atoms with van der Waals surface area (Å²) in [6.07, 6.45) is 12.7. The Balaban J connectivity index is 0.683. The molecule has 6 aromatic carbocycles. The van der Waals surface area contributed by atoms with Crippen LogP contribution in [0.25, 0.3) is 94.8 Å². The van der Waals surface area contributed by atoms with Gasteiger partial charge in [0.05, 0.1) is 5.69 Å². The second-order valence-corrected chi connectivity index (χ2v) is 19.4. The largest absolute Gasteiger partial charge is 0.462 e. The zero-order valence-corrected chi connectivity index (χ0v) is 40.8. The number of imidazole rings is 1. The number of hydrogen-bond donors (Lipinski definition) is 1. The van der Waals surface area contributed by atoms with Crippen LogP contribution in [0.1, 0.15) is 48.1 Å². The maximum absolute atomic E-state index is 6.94. The first-order chi connectivity index (χ1) is 36.8. The zero-order valence-electron chi connectivity index (χ0n) is 40.8. The average molecular weight is 985 g/mol. The number of hydrogen-bond acceptors (Lipinski definition) is 11. The van der Waals surface area contributed by atoms with E-state index in [0.29, 0.717) is 34.6 Å². The van der Waals surface area contributed by atoms with Gasteiger partial charge in [0.15, 0.2) is 23.3 Å². The van der Waals surface area contributed by atoms with Gasteiger partial charge in [-0.15, -0.1) is 0 Å². The molecule has 0 saturated heterocycles. The highest BCUT2D eigenvalue weighted by Crippen LogP contribution is 2.47. The van der Waals surface area contributed by atoms with Crippen LogP contribution < -0.4 is 19.7 Å². The molecule has 2 atom stereocenters. The highest BCUT2D eigenvalue weighted by atomic mass is 16.6. The Morgan fingerprint density at radius 3 is 1.93 bits per heavy atom. The fourth-order valence-electron chi connectivity index (χ4n) is 11.0. The molecule has 75 heavy (non-hydrogen) atoms. The molecule has 13 aromatic rings. The summed E-state index contributed by atoms with van der Waals surface area (Å²) in [7, 11) is 0. The number of furan rings is 6. The minimum Gasteiger partial charge on any atom is -0.462 e. The molecule has 364 valence electrons. The van der Waals surface area contributed by atoms with E-state index in [4.69, 9.17) is 41.0 Å². The van der Waals surface area contributed by atoms with Crippen molar-refractivity contribution in [1.82, 2.24) is 14.9 Å². The van der Waals surface area contributed by atoms with Crippen LogP contribution in [0.5, 0.6) is 23.4 Å². The van der Waals surface area contributed by atoms with Crippen molar-refractivity contribution in [3.8, 4) is 57.2 Å². The molecule has 0 saturated carbocycles. The van der Waals surface area contributed by atoms with E-state index < -0.39 is 5.54 Å². The lowest BCUT2D eigenvalue weighted by molar-refractivity contribution is 0.319. The van der Waals surface area contributed by atoms with Crippen molar-refractivity contribution in [1.29, 1.82) is 0 Å². The molecule has 0 fully saturated rings. The van der Waals surface area contributed by atoms with Crippen LogP contribution in [-0.2, 0) is 5.54 Å². The van der Waals surface area contributed by atoms with Crippen LogP contribution in [-0.4, -0.2) is 9.55 Å². The third-order valence-electron chi connectivity index (χ3n) is 14.6. The van der Waals surface area contributed by atoms with Gasteiger partial charge in [-0.2, -0.15) is 0 Å². The number of fused-ring (bicyclic) bond motifs is 8. The summed E-state index contributed by atoms with van der Waals surface area (Å²) in [4.78, 5) is 6.84. The van der Waals surface area contributed by atoms with Crippen molar-refractivity contribution >= 4 is 66.6 Å². The summed E-state index contributed by atoms with van der Waals surface area (Å²) in [5.74, 6) is 6.80. The van der Waals surface area contributed by atoms with Crippen molar-refractivity contribution in [3.63, 3.8) is 0 Å². The van der Waals surface area contributed by atoms with Gasteiger partial charge in [0, 0.05) is 80.5 Å². The SMILES string of the molecule is Cc1ccc(-c2nccn2C2(C)CC=Cc3c2oc2c(-c4cccc(Oc5cc6cc7oc(Oc8cccc(-c9cccc%10c9oc9c(N%11C=CNC%11c%11ccc(C)o%11)cccc9%10)c8)cc7cc6o5)c4)cccc32)o1. The molecule has 2 aliphatic rings. The van der Waals surface area contributed by atoms with Crippen molar-refractivity contribution < 1.29 is 36.0 Å². The first kappa shape index (κ1) is 42.8. The van der Waals surface area contributed by atoms with Crippen LogP contribution in [0.15, 0.2) is 209 Å². The second-order valence-electron chi connectivity index (χ2n) is 19.4. The van der Waals surface area contributed by atoms with Crippen molar-refractivity contribution in [2.24, 2.45) is 0 Å². The number of aryl methyl sites for hydroxylation is 2. The molecule has 8 heterocycles. The van der Waals surface area contributed by atoms with Crippen LogP contribution in [0, 0.1) is 13.8 Å². The number of para-hydroxylation sites is 3. The van der Waals surface area contributed by atoms with E-state index >= 15 is 0 Å². The third-order valence-corrected chi connectivity index (χ3v) is 14.6. The summed E-state index contributed by atoms with van der Waals surface area (Å²) < 4.78 is 53.3. The van der Waals surface area contributed by atoms with Gasteiger partial charge in [-0.3, -0.25) is 0 Å². The fraction of sp³-hybridized carbons (Fsp3) is 0.0952. The van der Waals surface area contributed by atoms with E-state index in [1.807, 2.05) is 124 Å². The van der Waals surface area contributed by atoms with Crippen molar-refractivity contribution in [2.75, 3.05) is 4.90 Å². The van der Waals surface area contributed by atoms with Crippen LogP contribution in [0.4, 0.5) is 5.69 Å². The minimum absolute atomic E-state index is 0.197. The summed E-state index contributed by atoms with van der Waals surface area (Å²) >= 11 is 0. The van der Waals surface area contributed by atoms with Crippen LogP contribution >= 0.6 is 0 Å². The van der Waals surface area contributed by atoms with Gasteiger partial charge < -0.3 is 50.8 Å². The molecule has 0 spiro atoms. The van der Waals surface area contributed by atoms with Crippen LogP contribution in [0.3, 0.4) is 0 Å². The monoisotopic (exact) mass is 984 g/mol. The van der Waals surface area contributed by atoms with Gasteiger partial charge in [-0.25, -0.2) is 4.98 Å². The number of rotatable bonds is 10. The molecule has 1 aliphatic carbocycles. The third kappa shape index (κ3) is 6.94. The molecule has 0 bridgehead atoms. The molecule has 1 N–H and O–H groups in total. The van der Waals surface area contributed by atoms with E-state index in [1.54, 1.807) is 0 Å². The van der Waals surface area contributed by atoms with Gasteiger partial charge in [0.25, 0.3) is 11.9 Å². The van der Waals surface area contributed by atoms with Gasteiger partial charge in [0.1, 0.15) is 62.4 Å². The maximum atomic E-state index is 6.94. The summed E-state index contributed by atoms with van der Waals surface area (Å²) in [5, 5.41) is 8.15. The molecule has 12 nitrogen and oxygen atoms in total. The summed E-state index contributed by atoms with van der Waals surface area (Å²) in [6.45, 7) is 6.08. The Morgan fingerprint density at radius 1 is 0.613 bits per heavy atom. The number of nitrogens with zero attached hydrogens (tertiary/aromatic N) is 3. The standard InChI is InChI=1S/C63H44N4O8/c1-36-21-23-51(68-36)61-64-26-28-66(61)50-20-8-18-47-46-16-6-14-44(57(46)74-59(47)50)38-10-4-12-42(30-38)70-55-34-40-32-54-41(33-53(40)72-55)35-56(73-54)71-43-13-5-11-39(31-43)45-15-7-17-48-49-19-9-25-63(3,60(49)75-58(45)48)67-29-27-65-62(67)52-24-22-37(2)69-52/h4-24,26-35,61,64H,25H2,1-3H3. The molecule has 7 aromatic heterocycles. The maximum Gasteiger partial charge on any atom is 0.291 e. The van der Waals surface area contributed by atoms with Crippen molar-refractivity contribution in [3.05, 3.63) is 211 Å². The Morgan fingerprint density at radius 2 is 1.25 bits per heavy atom. The van der Waals surface area contributed by atoms with E-state index in [2.05, 4.69) is 101 Å². The van der Waals surface area contributed by atoms with Crippen molar-refractivity contribution in [2.45, 2.75) is 38.9 Å². The Bertz CT molecular complexity index is 4420. The van der Waals surface area contributed by atoms with E-state index in [9.17, 15) is 0 Å². The predicted molar refractivity (Wildman–Crippen MR) is 289 cm³/mol. The minimum atomic E-state index is -0.544. The fourth-order valence-corrected chi connectivity index (χ4v) is 11.0. The van der Waals surface area contributed by atoms with Crippen LogP contribution in [0.2, 0.25) is 0 Å². The van der Waals surface area contributed by atoms with E-state index in [0.717, 1.165) is 118 Å². The second kappa shape index (κ2) is 16.4. The molecular weight excluding hydrogens is 941 g/mol. The van der Waals surface area contributed by atoms with E-state index in [1.165, 1.54) is 0 Å². The van der Waals surface area contributed by atoms with Gasteiger partial charge in [-0.05, 0) is 105 Å². The highest BCUT2D eigenvalue weighted by molar-refractivity contribution is 6.13. The molecule has 15 rings (SSSR count). The van der Waals surface area contributed by atoms with Gasteiger partial charge in [-0.1, -0.05) is 84.9 Å². The molecule has 0 amide bonds. The average Bonchev–Trinajstić information content (AvgIpc) is 4.29. The quantitative estimate of drug-likeness (QED) is 0.140. The lowest BCUT2D eigenvalue weighted by Crippen LogP contribution is -2.32. The lowest BCUT2D eigenvalue weighted by atomic mass is 9.85. The normalized spacial score (nSPS) is 16.3. The zero-order chi connectivity index (χ0) is 49.9. The van der Waals surface area contributed by atoms with Gasteiger partial charge >= 0.3 is 0 Å². The molecule has 1 aliphatic heterocycles. The predicted octanol–water partition coefficient (Wildman–Crippen LogP) is 17.2. The van der Waals surface area contributed by atoms with E-state index in [-0.39, 0.29) is 6.17 Å².